The Morgan fingerprint density at radius 1 is 1.17 bits per heavy atom. The van der Waals surface area contributed by atoms with E-state index in [-0.39, 0.29) is 6.04 Å². The normalized spacial score (nSPS) is 14.7. The molecular formula is C23H28ClN3O2S. The van der Waals surface area contributed by atoms with Crippen LogP contribution in [0.1, 0.15) is 55.1 Å². The van der Waals surface area contributed by atoms with Crippen LogP contribution in [0.15, 0.2) is 42.5 Å². The summed E-state index contributed by atoms with van der Waals surface area (Å²) in [6.45, 7) is 6.41. The van der Waals surface area contributed by atoms with Gasteiger partial charge in [-0.25, -0.2) is 4.79 Å². The minimum absolute atomic E-state index is 0.0506. The molecule has 1 fully saturated rings. The van der Waals surface area contributed by atoms with Crippen molar-refractivity contribution < 1.29 is 9.53 Å². The zero-order valence-electron chi connectivity index (χ0n) is 17.4. The number of anilines is 2. The largest absolute Gasteiger partial charge is 0.462 e. The summed E-state index contributed by atoms with van der Waals surface area (Å²) in [5.74, 6) is -0.434. The first-order valence-electron chi connectivity index (χ1n) is 10.4. The first-order valence-corrected chi connectivity index (χ1v) is 11.2. The number of hydrogen-bond donors (Lipinski definition) is 2. The molecule has 1 saturated heterocycles. The van der Waals surface area contributed by atoms with E-state index in [1.807, 2.05) is 0 Å². The molecule has 2 aromatic rings. The van der Waals surface area contributed by atoms with Crippen LogP contribution in [-0.4, -0.2) is 30.8 Å². The molecule has 1 aliphatic heterocycles. The highest BCUT2D eigenvalue weighted by atomic mass is 35.5. The van der Waals surface area contributed by atoms with Crippen LogP contribution < -0.4 is 15.5 Å². The minimum atomic E-state index is -0.434. The Morgan fingerprint density at radius 3 is 2.50 bits per heavy atom. The van der Waals surface area contributed by atoms with Crippen molar-refractivity contribution in [3.63, 3.8) is 0 Å². The average Bonchev–Trinajstić information content (AvgIpc) is 2.74. The van der Waals surface area contributed by atoms with Crippen molar-refractivity contribution >= 4 is 46.3 Å². The van der Waals surface area contributed by atoms with Crippen LogP contribution in [0, 0.1) is 0 Å². The van der Waals surface area contributed by atoms with Gasteiger partial charge in [0.25, 0.3) is 0 Å². The molecule has 0 aliphatic carbocycles. The summed E-state index contributed by atoms with van der Waals surface area (Å²) in [6, 6.07) is 13.8. The van der Waals surface area contributed by atoms with Crippen molar-refractivity contribution in [1.82, 2.24) is 5.32 Å². The average molecular weight is 446 g/mol. The first kappa shape index (κ1) is 22.4. The zero-order chi connectivity index (χ0) is 21.5. The molecule has 1 atom stereocenters. The first-order chi connectivity index (χ1) is 14.5. The predicted octanol–water partition coefficient (Wildman–Crippen LogP) is 5.55. The van der Waals surface area contributed by atoms with Gasteiger partial charge in [-0.1, -0.05) is 23.7 Å². The van der Waals surface area contributed by atoms with E-state index in [1.54, 1.807) is 25.1 Å². The highest BCUT2D eigenvalue weighted by Crippen LogP contribution is 2.24. The molecule has 0 spiro atoms. The summed E-state index contributed by atoms with van der Waals surface area (Å²) in [5, 5.41) is 7.22. The van der Waals surface area contributed by atoms with E-state index in [1.165, 1.54) is 24.9 Å². The molecule has 30 heavy (non-hydrogen) atoms. The topological polar surface area (TPSA) is 53.6 Å². The molecule has 2 N–H and O–H groups in total. The van der Waals surface area contributed by atoms with Crippen LogP contribution in [-0.2, 0) is 4.74 Å². The van der Waals surface area contributed by atoms with Crippen molar-refractivity contribution in [2.24, 2.45) is 0 Å². The maximum atomic E-state index is 11.9. The van der Waals surface area contributed by atoms with Crippen molar-refractivity contribution in [3.05, 3.63) is 58.6 Å². The number of benzene rings is 2. The van der Waals surface area contributed by atoms with Gasteiger partial charge in [0.05, 0.1) is 23.2 Å². The van der Waals surface area contributed by atoms with E-state index in [9.17, 15) is 4.79 Å². The quantitative estimate of drug-likeness (QED) is 0.448. The molecule has 0 saturated carbocycles. The van der Waals surface area contributed by atoms with Gasteiger partial charge >= 0.3 is 5.97 Å². The van der Waals surface area contributed by atoms with Gasteiger partial charge in [0.1, 0.15) is 0 Å². The summed E-state index contributed by atoms with van der Waals surface area (Å²) in [7, 11) is 0. The number of thiocarbonyl (C=S) groups is 1. The molecule has 0 radical (unpaired) electrons. The lowest BCUT2D eigenvalue weighted by Crippen LogP contribution is -2.31. The number of nitrogens with zero attached hydrogens (tertiary/aromatic N) is 1. The van der Waals surface area contributed by atoms with E-state index < -0.39 is 5.97 Å². The lowest BCUT2D eigenvalue weighted by Gasteiger charge is -2.29. The summed E-state index contributed by atoms with van der Waals surface area (Å²) < 4.78 is 4.99. The Morgan fingerprint density at radius 2 is 1.87 bits per heavy atom. The van der Waals surface area contributed by atoms with Gasteiger partial charge in [-0.15, -0.1) is 0 Å². The third kappa shape index (κ3) is 5.86. The number of halogens is 1. The number of esters is 1. The Bertz CT molecular complexity index is 883. The number of hydrogen-bond acceptors (Lipinski definition) is 4. The molecule has 0 bridgehead atoms. The highest BCUT2D eigenvalue weighted by molar-refractivity contribution is 7.80. The maximum Gasteiger partial charge on any atom is 0.339 e. The fourth-order valence-electron chi connectivity index (χ4n) is 3.54. The molecule has 7 heteroatoms. The third-order valence-electron chi connectivity index (χ3n) is 5.18. The lowest BCUT2D eigenvalue weighted by molar-refractivity contribution is 0.0526. The van der Waals surface area contributed by atoms with Gasteiger partial charge in [0.2, 0.25) is 0 Å². The van der Waals surface area contributed by atoms with Gasteiger partial charge in [0.15, 0.2) is 5.11 Å². The number of rotatable bonds is 6. The van der Waals surface area contributed by atoms with E-state index >= 15 is 0 Å². The smallest absolute Gasteiger partial charge is 0.339 e. The maximum absolute atomic E-state index is 11.9. The number of carbonyl (C=O) groups is 1. The summed E-state index contributed by atoms with van der Waals surface area (Å²) in [6.07, 6.45) is 3.87. The molecule has 160 valence electrons. The zero-order valence-corrected chi connectivity index (χ0v) is 19.0. The van der Waals surface area contributed by atoms with Gasteiger partial charge < -0.3 is 20.3 Å². The predicted molar refractivity (Wildman–Crippen MR) is 128 cm³/mol. The Hall–Kier alpha value is -2.31. The number of nitrogens with one attached hydrogen (secondary N) is 2. The van der Waals surface area contributed by atoms with E-state index in [2.05, 4.69) is 46.7 Å². The number of piperidine rings is 1. The van der Waals surface area contributed by atoms with Gasteiger partial charge in [-0.2, -0.15) is 0 Å². The standard InChI is InChI=1S/C23H28ClN3O2S/c1-3-29-22(28)20-12-9-18(15-21(20)24)26-23(30)25-16(2)17-7-10-19(11-8-17)27-13-5-4-6-14-27/h7-12,15-16H,3-6,13-14H2,1-2H3,(H2,25,26,30). The van der Waals surface area contributed by atoms with Crippen LogP contribution in [0.25, 0.3) is 0 Å². The van der Waals surface area contributed by atoms with E-state index in [0.29, 0.717) is 28.0 Å². The molecule has 5 nitrogen and oxygen atoms in total. The van der Waals surface area contributed by atoms with Crippen LogP contribution in [0.3, 0.4) is 0 Å². The lowest BCUT2D eigenvalue weighted by atomic mass is 10.1. The second kappa shape index (κ2) is 10.6. The van der Waals surface area contributed by atoms with Crippen molar-refractivity contribution in [2.45, 2.75) is 39.2 Å². The second-order valence-corrected chi connectivity index (χ2v) is 8.19. The SMILES string of the molecule is CCOC(=O)c1ccc(NC(=S)NC(C)c2ccc(N3CCCCC3)cc2)cc1Cl. The van der Waals surface area contributed by atoms with Crippen molar-refractivity contribution in [1.29, 1.82) is 0 Å². The molecule has 1 aliphatic rings. The summed E-state index contributed by atoms with van der Waals surface area (Å²) >= 11 is 11.7. The monoisotopic (exact) mass is 445 g/mol. The van der Waals surface area contributed by atoms with Crippen LogP contribution >= 0.6 is 23.8 Å². The Kier molecular flexibility index (Phi) is 7.94. The number of carbonyl (C=O) groups excluding carboxylic acids is 1. The fourth-order valence-corrected chi connectivity index (χ4v) is 4.09. The summed E-state index contributed by atoms with van der Waals surface area (Å²) in [4.78, 5) is 14.3. The van der Waals surface area contributed by atoms with Crippen LogP contribution in [0.4, 0.5) is 11.4 Å². The summed E-state index contributed by atoms with van der Waals surface area (Å²) in [5.41, 5.74) is 3.49. The Labute approximate surface area is 188 Å². The molecule has 2 aromatic carbocycles. The van der Waals surface area contributed by atoms with E-state index in [4.69, 9.17) is 28.6 Å². The van der Waals surface area contributed by atoms with Crippen molar-refractivity contribution in [2.75, 3.05) is 29.9 Å². The Balaban J connectivity index is 1.56. The van der Waals surface area contributed by atoms with Crippen molar-refractivity contribution in [3.8, 4) is 0 Å². The third-order valence-corrected chi connectivity index (χ3v) is 5.72. The molecule has 1 heterocycles. The van der Waals surface area contributed by atoms with Gasteiger partial charge in [-0.05, 0) is 81.2 Å². The number of ether oxygens (including phenoxy) is 1. The molecule has 0 amide bonds. The van der Waals surface area contributed by atoms with E-state index in [0.717, 1.165) is 18.7 Å². The molecule has 0 aromatic heterocycles. The molecule has 3 rings (SSSR count). The second-order valence-electron chi connectivity index (χ2n) is 7.37. The molecular weight excluding hydrogens is 418 g/mol. The highest BCUT2D eigenvalue weighted by Gasteiger charge is 2.14. The van der Waals surface area contributed by atoms with Gasteiger partial charge in [0, 0.05) is 24.5 Å². The minimum Gasteiger partial charge on any atom is -0.462 e. The fraction of sp³-hybridized carbons (Fsp3) is 0.391. The molecule has 1 unspecified atom stereocenters. The van der Waals surface area contributed by atoms with Crippen LogP contribution in [0.5, 0.6) is 0 Å². The van der Waals surface area contributed by atoms with Gasteiger partial charge in [-0.3, -0.25) is 0 Å². The van der Waals surface area contributed by atoms with Crippen LogP contribution in [0.2, 0.25) is 5.02 Å².